The topological polar surface area (TPSA) is 71.4 Å². The first-order valence-corrected chi connectivity index (χ1v) is 7.15. The number of aryl methyl sites for hydroxylation is 1. The van der Waals surface area contributed by atoms with Crippen molar-refractivity contribution in [3.8, 4) is 0 Å². The molecule has 18 heavy (non-hydrogen) atoms. The van der Waals surface area contributed by atoms with Crippen LogP contribution in [-0.2, 0) is 14.6 Å². The molecular formula is C13H14O4S. The molecule has 0 spiro atoms. The van der Waals surface area contributed by atoms with Gasteiger partial charge in [-0.25, -0.2) is 8.42 Å². The molecule has 1 N–H and O–H groups in total. The van der Waals surface area contributed by atoms with Crippen LogP contribution in [0, 0.1) is 12.8 Å². The van der Waals surface area contributed by atoms with E-state index in [0.717, 1.165) is 5.56 Å². The molecule has 0 aromatic heterocycles. The number of aliphatic carboxylic acids is 1. The summed E-state index contributed by atoms with van der Waals surface area (Å²) in [5, 5.41) is 9.99. The number of fused-ring (bicyclic) bond motifs is 1. The maximum absolute atomic E-state index is 12.0. The van der Waals surface area contributed by atoms with Gasteiger partial charge in [0, 0.05) is 5.41 Å². The van der Waals surface area contributed by atoms with Crippen LogP contribution in [0.15, 0.2) is 28.5 Å². The Hall–Kier alpha value is -1.62. The largest absolute Gasteiger partial charge is 0.481 e. The van der Waals surface area contributed by atoms with Crippen LogP contribution >= 0.6 is 0 Å². The van der Waals surface area contributed by atoms with Crippen LogP contribution < -0.4 is 0 Å². The van der Waals surface area contributed by atoms with E-state index in [9.17, 15) is 13.2 Å². The van der Waals surface area contributed by atoms with Crippen molar-refractivity contribution in [1.29, 1.82) is 0 Å². The molecule has 0 saturated carbocycles. The average Bonchev–Trinajstić information content (AvgIpc) is 2.50. The van der Waals surface area contributed by atoms with E-state index in [2.05, 4.69) is 0 Å². The Morgan fingerprint density at radius 3 is 2.67 bits per heavy atom. The zero-order valence-corrected chi connectivity index (χ0v) is 11.0. The first-order chi connectivity index (χ1) is 8.31. The number of benzene rings is 1. The molecule has 0 bridgehead atoms. The molecule has 0 fully saturated rings. The molecule has 1 unspecified atom stereocenters. The third kappa shape index (κ3) is 2.18. The Morgan fingerprint density at radius 1 is 1.39 bits per heavy atom. The van der Waals surface area contributed by atoms with Crippen LogP contribution in [-0.4, -0.2) is 19.5 Å². The average molecular weight is 266 g/mol. The number of hydrogen-bond donors (Lipinski definition) is 1. The molecule has 0 radical (unpaired) electrons. The summed E-state index contributed by atoms with van der Waals surface area (Å²) in [6.45, 7) is 3.55. The predicted octanol–water partition coefficient (Wildman–Crippen LogP) is 2.23. The van der Waals surface area contributed by atoms with E-state index >= 15 is 0 Å². The summed E-state index contributed by atoms with van der Waals surface area (Å²) in [6, 6.07) is 5.21. The molecule has 5 heteroatoms. The van der Waals surface area contributed by atoms with Gasteiger partial charge in [-0.3, -0.25) is 4.79 Å². The normalized spacial score (nSPS) is 18.0. The van der Waals surface area contributed by atoms with Crippen molar-refractivity contribution >= 4 is 21.4 Å². The van der Waals surface area contributed by atoms with Gasteiger partial charge in [0.2, 0.25) is 9.84 Å². The molecule has 1 aromatic carbocycles. The minimum atomic E-state index is -3.41. The summed E-state index contributed by atoms with van der Waals surface area (Å²) in [7, 11) is -3.41. The highest BCUT2D eigenvalue weighted by Gasteiger charge is 2.30. The van der Waals surface area contributed by atoms with Crippen molar-refractivity contribution < 1.29 is 18.3 Å². The summed E-state index contributed by atoms with van der Waals surface area (Å²) in [6.07, 6.45) is -0.0747. The minimum absolute atomic E-state index is 0.0747. The second-order valence-electron chi connectivity index (χ2n) is 4.62. The van der Waals surface area contributed by atoms with Crippen molar-refractivity contribution in [1.82, 2.24) is 0 Å². The van der Waals surface area contributed by atoms with Gasteiger partial charge in [-0.1, -0.05) is 19.1 Å². The van der Waals surface area contributed by atoms with Crippen LogP contribution in [0.3, 0.4) is 0 Å². The maximum Gasteiger partial charge on any atom is 0.303 e. The molecule has 0 amide bonds. The van der Waals surface area contributed by atoms with Gasteiger partial charge in [-0.2, -0.15) is 0 Å². The van der Waals surface area contributed by atoms with Gasteiger partial charge in [0.25, 0.3) is 0 Å². The molecule has 2 rings (SSSR count). The third-order valence-electron chi connectivity index (χ3n) is 3.05. The van der Waals surface area contributed by atoms with Crippen molar-refractivity contribution in [2.75, 3.05) is 0 Å². The fourth-order valence-corrected chi connectivity index (χ4v) is 3.81. The fraction of sp³-hybridized carbons (Fsp3) is 0.308. The first kappa shape index (κ1) is 12.8. The Bertz CT molecular complexity index is 641. The number of hydrogen-bond acceptors (Lipinski definition) is 3. The van der Waals surface area contributed by atoms with Gasteiger partial charge >= 0.3 is 5.97 Å². The van der Waals surface area contributed by atoms with E-state index in [1.54, 1.807) is 19.1 Å². The van der Waals surface area contributed by atoms with Gasteiger partial charge in [-0.05, 0) is 35.6 Å². The van der Waals surface area contributed by atoms with Crippen LogP contribution in [0.2, 0.25) is 0 Å². The highest BCUT2D eigenvalue weighted by Crippen LogP contribution is 2.38. The molecule has 1 aliphatic heterocycles. The van der Waals surface area contributed by atoms with Gasteiger partial charge in [0.1, 0.15) is 0 Å². The SMILES string of the molecule is Cc1ccc2c(c1)S(=O)(=O)C=C2C(C)CC(=O)O. The van der Waals surface area contributed by atoms with Gasteiger partial charge < -0.3 is 5.11 Å². The van der Waals surface area contributed by atoms with Crippen molar-refractivity contribution in [3.05, 3.63) is 34.7 Å². The third-order valence-corrected chi connectivity index (χ3v) is 4.56. The lowest BCUT2D eigenvalue weighted by Gasteiger charge is -2.11. The predicted molar refractivity (Wildman–Crippen MR) is 67.8 cm³/mol. The maximum atomic E-state index is 12.0. The van der Waals surface area contributed by atoms with Gasteiger partial charge in [0.05, 0.1) is 11.3 Å². The highest BCUT2D eigenvalue weighted by molar-refractivity contribution is 7.95. The second-order valence-corrected chi connectivity index (χ2v) is 6.38. The molecule has 1 atom stereocenters. The van der Waals surface area contributed by atoms with E-state index in [1.165, 1.54) is 5.41 Å². The highest BCUT2D eigenvalue weighted by atomic mass is 32.2. The molecule has 0 saturated heterocycles. The number of carboxylic acids is 1. The fourth-order valence-electron chi connectivity index (χ4n) is 2.15. The Labute approximate surface area is 106 Å². The van der Waals surface area contributed by atoms with E-state index in [4.69, 9.17) is 5.11 Å². The first-order valence-electron chi connectivity index (χ1n) is 5.61. The Morgan fingerprint density at radius 2 is 2.06 bits per heavy atom. The van der Waals surface area contributed by atoms with Crippen LogP contribution in [0.5, 0.6) is 0 Å². The number of allylic oxidation sites excluding steroid dienone is 1. The number of rotatable bonds is 3. The Balaban J connectivity index is 2.51. The number of carbonyl (C=O) groups is 1. The molecule has 1 heterocycles. The zero-order valence-electron chi connectivity index (χ0n) is 10.2. The Kier molecular flexibility index (Phi) is 3.02. The molecule has 4 nitrogen and oxygen atoms in total. The monoisotopic (exact) mass is 266 g/mol. The lowest BCUT2D eigenvalue weighted by Crippen LogP contribution is -2.05. The lowest BCUT2D eigenvalue weighted by molar-refractivity contribution is -0.137. The van der Waals surface area contributed by atoms with Crippen molar-refractivity contribution in [2.24, 2.45) is 5.92 Å². The van der Waals surface area contributed by atoms with Crippen LogP contribution in [0.1, 0.15) is 24.5 Å². The minimum Gasteiger partial charge on any atom is -0.481 e. The summed E-state index contributed by atoms with van der Waals surface area (Å²) >= 11 is 0. The molecule has 96 valence electrons. The number of sulfone groups is 1. The smallest absolute Gasteiger partial charge is 0.303 e. The van der Waals surface area contributed by atoms with E-state index in [0.29, 0.717) is 11.1 Å². The molecule has 0 aliphatic carbocycles. The lowest BCUT2D eigenvalue weighted by atomic mass is 9.92. The quantitative estimate of drug-likeness (QED) is 0.910. The van der Waals surface area contributed by atoms with Crippen molar-refractivity contribution in [2.45, 2.75) is 25.2 Å². The summed E-state index contributed by atoms with van der Waals surface area (Å²) in [5.41, 5.74) is 2.10. The summed E-state index contributed by atoms with van der Waals surface area (Å²) < 4.78 is 24.0. The van der Waals surface area contributed by atoms with Gasteiger partial charge in [-0.15, -0.1) is 0 Å². The number of carboxylic acid groups (broad SMARTS) is 1. The summed E-state index contributed by atoms with van der Waals surface area (Å²) in [4.78, 5) is 11.0. The second kappa shape index (κ2) is 4.24. The van der Waals surface area contributed by atoms with E-state index in [1.807, 2.05) is 13.0 Å². The molecule has 1 aliphatic rings. The molecule has 1 aromatic rings. The van der Waals surface area contributed by atoms with Gasteiger partial charge in [0.15, 0.2) is 0 Å². The van der Waals surface area contributed by atoms with Crippen LogP contribution in [0.4, 0.5) is 0 Å². The van der Waals surface area contributed by atoms with E-state index in [-0.39, 0.29) is 17.2 Å². The van der Waals surface area contributed by atoms with E-state index < -0.39 is 15.8 Å². The zero-order chi connectivity index (χ0) is 13.5. The van der Waals surface area contributed by atoms with Crippen molar-refractivity contribution in [3.63, 3.8) is 0 Å². The van der Waals surface area contributed by atoms with Crippen LogP contribution in [0.25, 0.3) is 5.57 Å². The molecular weight excluding hydrogens is 252 g/mol. The standard InChI is InChI=1S/C13H14O4S/c1-8-3-4-10-11(9(2)6-13(14)15)7-18(16,17)12(10)5-8/h3-5,7,9H,6H2,1-2H3,(H,14,15). The summed E-state index contributed by atoms with van der Waals surface area (Å²) in [5.74, 6) is -1.25.